The lowest BCUT2D eigenvalue weighted by Crippen LogP contribution is -2.07. The monoisotopic (exact) mass is 338 g/mol. The standard InChI is InChI=1S/C14H8Cl3F3/c1-7-2-3-8(10(6-7)14(18,19)20)9-4-5-11(15)13(17)12(9)16/h2-6H,1H3. The molecule has 0 atom stereocenters. The van der Waals surface area contributed by atoms with Gasteiger partial charge in [0.2, 0.25) is 0 Å². The summed E-state index contributed by atoms with van der Waals surface area (Å²) in [6.45, 7) is 1.59. The Kier molecular flexibility index (Phi) is 4.24. The summed E-state index contributed by atoms with van der Waals surface area (Å²) in [6.07, 6.45) is -4.48. The van der Waals surface area contributed by atoms with Crippen molar-refractivity contribution in [1.82, 2.24) is 0 Å². The molecule has 0 N–H and O–H groups in total. The number of hydrogen-bond donors (Lipinski definition) is 0. The summed E-state index contributed by atoms with van der Waals surface area (Å²) in [6, 6.07) is 6.89. The van der Waals surface area contributed by atoms with Crippen LogP contribution in [0.1, 0.15) is 11.1 Å². The van der Waals surface area contributed by atoms with Crippen LogP contribution in [0.5, 0.6) is 0 Å². The second-order valence-electron chi connectivity index (χ2n) is 4.27. The van der Waals surface area contributed by atoms with Crippen molar-refractivity contribution < 1.29 is 13.2 Å². The first-order valence-corrected chi connectivity index (χ1v) is 6.67. The van der Waals surface area contributed by atoms with Gasteiger partial charge in [-0.25, -0.2) is 0 Å². The predicted octanol–water partition coefficient (Wildman–Crippen LogP) is 6.64. The van der Waals surface area contributed by atoms with Crippen molar-refractivity contribution in [2.24, 2.45) is 0 Å². The number of halogens is 6. The highest BCUT2D eigenvalue weighted by Gasteiger charge is 2.34. The van der Waals surface area contributed by atoms with E-state index in [1.54, 1.807) is 13.0 Å². The summed E-state index contributed by atoms with van der Waals surface area (Å²) in [5.74, 6) is 0. The number of rotatable bonds is 1. The lowest BCUT2D eigenvalue weighted by molar-refractivity contribution is -0.137. The van der Waals surface area contributed by atoms with Gasteiger partial charge in [-0.1, -0.05) is 58.6 Å². The van der Waals surface area contributed by atoms with Crippen molar-refractivity contribution in [1.29, 1.82) is 0 Å². The Balaban J connectivity index is 2.74. The van der Waals surface area contributed by atoms with Crippen molar-refractivity contribution in [3.63, 3.8) is 0 Å². The third-order valence-electron chi connectivity index (χ3n) is 2.81. The zero-order valence-corrected chi connectivity index (χ0v) is 12.4. The average Bonchev–Trinajstić information content (AvgIpc) is 2.36. The molecule has 0 aromatic heterocycles. The number of hydrogen-bond acceptors (Lipinski definition) is 0. The lowest BCUT2D eigenvalue weighted by Gasteiger charge is -2.15. The molecule has 0 spiro atoms. The van der Waals surface area contributed by atoms with Gasteiger partial charge < -0.3 is 0 Å². The smallest absolute Gasteiger partial charge is 0.166 e. The van der Waals surface area contributed by atoms with Gasteiger partial charge in [0.25, 0.3) is 0 Å². The second-order valence-corrected chi connectivity index (χ2v) is 5.43. The van der Waals surface area contributed by atoms with Gasteiger partial charge in [0.15, 0.2) is 0 Å². The van der Waals surface area contributed by atoms with E-state index in [1.807, 2.05) is 0 Å². The summed E-state index contributed by atoms with van der Waals surface area (Å²) in [7, 11) is 0. The van der Waals surface area contributed by atoms with Crippen molar-refractivity contribution in [3.05, 3.63) is 56.5 Å². The highest BCUT2D eigenvalue weighted by molar-refractivity contribution is 6.49. The summed E-state index contributed by atoms with van der Waals surface area (Å²) in [5, 5.41) is 0.245. The van der Waals surface area contributed by atoms with Gasteiger partial charge in [0.1, 0.15) is 0 Å². The molecule has 0 nitrogen and oxygen atoms in total. The summed E-state index contributed by atoms with van der Waals surface area (Å²) in [5.41, 5.74) is -0.0601. The Morgan fingerprint density at radius 3 is 2.05 bits per heavy atom. The van der Waals surface area contributed by atoms with Gasteiger partial charge in [-0.15, -0.1) is 0 Å². The Morgan fingerprint density at radius 2 is 1.45 bits per heavy atom. The summed E-state index contributed by atoms with van der Waals surface area (Å²) < 4.78 is 39.4. The second kappa shape index (κ2) is 5.47. The molecule has 0 heterocycles. The molecule has 6 heteroatoms. The van der Waals surface area contributed by atoms with Gasteiger partial charge >= 0.3 is 6.18 Å². The molecular formula is C14H8Cl3F3. The first-order chi connectivity index (χ1) is 9.21. The third-order valence-corrected chi connectivity index (χ3v) is 4.10. The van der Waals surface area contributed by atoms with Crippen molar-refractivity contribution in [3.8, 4) is 11.1 Å². The fourth-order valence-corrected chi connectivity index (χ4v) is 2.50. The van der Waals surface area contributed by atoms with Crippen LogP contribution in [0.2, 0.25) is 15.1 Å². The van der Waals surface area contributed by atoms with Crippen LogP contribution in [0, 0.1) is 6.92 Å². The largest absolute Gasteiger partial charge is 0.417 e. The van der Waals surface area contributed by atoms with Gasteiger partial charge in [0.05, 0.1) is 20.6 Å². The van der Waals surface area contributed by atoms with E-state index in [0.29, 0.717) is 5.56 Å². The van der Waals surface area contributed by atoms with Gasteiger partial charge in [-0.2, -0.15) is 13.2 Å². The fraction of sp³-hybridized carbons (Fsp3) is 0.143. The predicted molar refractivity (Wildman–Crippen MR) is 76.6 cm³/mol. The Morgan fingerprint density at radius 1 is 0.850 bits per heavy atom. The molecule has 0 aliphatic carbocycles. The molecule has 0 saturated heterocycles. The van der Waals surface area contributed by atoms with E-state index in [2.05, 4.69) is 0 Å². The summed E-state index contributed by atoms with van der Waals surface area (Å²) >= 11 is 17.7. The van der Waals surface area contributed by atoms with Crippen molar-refractivity contribution >= 4 is 34.8 Å². The van der Waals surface area contributed by atoms with Gasteiger partial charge in [-0.3, -0.25) is 0 Å². The topological polar surface area (TPSA) is 0 Å². The third kappa shape index (κ3) is 2.90. The van der Waals surface area contributed by atoms with Crippen LogP contribution in [0.15, 0.2) is 30.3 Å². The summed E-state index contributed by atoms with van der Waals surface area (Å²) in [4.78, 5) is 0. The SMILES string of the molecule is Cc1ccc(-c2ccc(Cl)c(Cl)c2Cl)c(C(F)(F)F)c1. The average molecular weight is 340 g/mol. The van der Waals surface area contributed by atoms with Crippen LogP contribution in [0.3, 0.4) is 0 Å². The first-order valence-electron chi connectivity index (χ1n) is 5.53. The molecule has 0 radical (unpaired) electrons. The van der Waals surface area contributed by atoms with E-state index in [4.69, 9.17) is 34.8 Å². The molecule has 0 aliphatic rings. The minimum absolute atomic E-state index is 0.00789. The highest BCUT2D eigenvalue weighted by Crippen LogP contribution is 2.43. The normalized spacial score (nSPS) is 11.8. The zero-order chi connectivity index (χ0) is 15.1. The number of aryl methyl sites for hydroxylation is 1. The first kappa shape index (κ1) is 15.5. The molecule has 0 amide bonds. The fourth-order valence-electron chi connectivity index (χ4n) is 1.86. The van der Waals surface area contributed by atoms with Crippen LogP contribution < -0.4 is 0 Å². The quantitative estimate of drug-likeness (QED) is 0.511. The van der Waals surface area contributed by atoms with Gasteiger partial charge in [0, 0.05) is 5.56 Å². The van der Waals surface area contributed by atoms with Crippen LogP contribution in [0.4, 0.5) is 13.2 Å². The Bertz CT molecular complexity index is 663. The van der Waals surface area contributed by atoms with E-state index in [9.17, 15) is 13.2 Å². The van der Waals surface area contributed by atoms with Crippen LogP contribution in [0.25, 0.3) is 11.1 Å². The maximum atomic E-state index is 13.1. The van der Waals surface area contributed by atoms with E-state index >= 15 is 0 Å². The molecule has 2 aromatic carbocycles. The molecule has 0 bridgehead atoms. The van der Waals surface area contributed by atoms with Crippen molar-refractivity contribution in [2.75, 3.05) is 0 Å². The van der Waals surface area contributed by atoms with Crippen LogP contribution >= 0.6 is 34.8 Å². The molecule has 106 valence electrons. The molecule has 0 aliphatic heterocycles. The molecule has 20 heavy (non-hydrogen) atoms. The minimum atomic E-state index is -4.48. The molecule has 2 aromatic rings. The van der Waals surface area contributed by atoms with E-state index in [0.717, 1.165) is 6.07 Å². The zero-order valence-electron chi connectivity index (χ0n) is 10.2. The highest BCUT2D eigenvalue weighted by atomic mass is 35.5. The molecule has 0 fully saturated rings. The maximum Gasteiger partial charge on any atom is 0.417 e. The van der Waals surface area contributed by atoms with E-state index in [-0.39, 0.29) is 26.2 Å². The van der Waals surface area contributed by atoms with Crippen LogP contribution in [-0.4, -0.2) is 0 Å². The molecular weight excluding hydrogens is 332 g/mol. The molecule has 0 saturated carbocycles. The van der Waals surface area contributed by atoms with Gasteiger partial charge in [-0.05, 0) is 24.6 Å². The van der Waals surface area contributed by atoms with E-state index < -0.39 is 11.7 Å². The van der Waals surface area contributed by atoms with E-state index in [1.165, 1.54) is 18.2 Å². The number of alkyl halides is 3. The van der Waals surface area contributed by atoms with Crippen LogP contribution in [-0.2, 0) is 6.18 Å². The number of benzene rings is 2. The minimum Gasteiger partial charge on any atom is -0.166 e. The molecule has 2 rings (SSSR count). The maximum absolute atomic E-state index is 13.1. The molecule has 0 unspecified atom stereocenters. The Hall–Kier alpha value is -0.900. The van der Waals surface area contributed by atoms with Crippen molar-refractivity contribution in [2.45, 2.75) is 13.1 Å². The Labute approximate surface area is 129 Å². The lowest BCUT2D eigenvalue weighted by atomic mass is 9.97.